The van der Waals surface area contributed by atoms with Crippen LogP contribution in [0.4, 0.5) is 5.82 Å². The van der Waals surface area contributed by atoms with Gasteiger partial charge in [-0.05, 0) is 62.6 Å². The van der Waals surface area contributed by atoms with Crippen LogP contribution in [0.25, 0.3) is 11.2 Å². The van der Waals surface area contributed by atoms with Crippen molar-refractivity contribution >= 4 is 17.0 Å². The van der Waals surface area contributed by atoms with Crippen LogP contribution in [0.2, 0.25) is 0 Å². The summed E-state index contributed by atoms with van der Waals surface area (Å²) in [5.41, 5.74) is 8.46. The lowest BCUT2D eigenvalue weighted by Crippen LogP contribution is -2.41. The summed E-state index contributed by atoms with van der Waals surface area (Å²) < 4.78 is 9.25. The van der Waals surface area contributed by atoms with Crippen LogP contribution in [0.15, 0.2) is 35.1 Å². The van der Waals surface area contributed by atoms with Crippen LogP contribution in [-0.4, -0.2) is 56.8 Å². The molecular formula is C27H39N7O2. The van der Waals surface area contributed by atoms with E-state index < -0.39 is 0 Å². The Morgan fingerprint density at radius 2 is 1.75 bits per heavy atom. The monoisotopic (exact) mass is 493 g/mol. The van der Waals surface area contributed by atoms with Crippen LogP contribution in [0.5, 0.6) is 6.01 Å². The molecule has 9 nitrogen and oxygen atoms in total. The van der Waals surface area contributed by atoms with E-state index in [1.807, 2.05) is 30.3 Å². The van der Waals surface area contributed by atoms with E-state index in [9.17, 15) is 4.79 Å². The van der Waals surface area contributed by atoms with Crippen LogP contribution in [0.1, 0.15) is 51.0 Å². The number of hydrogen-bond donors (Lipinski definition) is 2. The minimum absolute atomic E-state index is 0.110. The molecule has 194 valence electrons. The summed E-state index contributed by atoms with van der Waals surface area (Å²) in [6.07, 6.45) is 6.87. The molecule has 0 amide bonds. The fourth-order valence-electron chi connectivity index (χ4n) is 5.71. The molecule has 0 bridgehead atoms. The molecule has 0 aliphatic carbocycles. The van der Waals surface area contributed by atoms with Gasteiger partial charge in [-0.3, -0.25) is 14.0 Å². The number of imidazole rings is 1. The highest BCUT2D eigenvalue weighted by molar-refractivity contribution is 5.83. The van der Waals surface area contributed by atoms with E-state index in [0.29, 0.717) is 31.0 Å². The molecule has 2 saturated heterocycles. The first kappa shape index (κ1) is 24.8. The summed E-state index contributed by atoms with van der Waals surface area (Å²) in [6, 6.07) is 10.2. The average Bonchev–Trinajstić information content (AvgIpc) is 3.16. The standard InChI is InChI=1S/C27H39N7O2/c1-2-3-17-36-26-30-24(28)23-25(31-26)34(27(35)33(23)18-20-7-5-4-6-8-20)19-32-15-11-22(12-16-32)21-9-13-29-14-10-21/h4-8,21-22,29H,2-3,9-19H2,1H3,(H2,28,30,31). The fraction of sp³-hybridized carbons (Fsp3) is 0.593. The first-order valence-electron chi connectivity index (χ1n) is 13.5. The molecule has 5 rings (SSSR count). The second-order valence-electron chi connectivity index (χ2n) is 10.2. The molecule has 4 heterocycles. The number of nitrogen functional groups attached to an aromatic ring is 1. The van der Waals surface area contributed by atoms with E-state index in [0.717, 1.165) is 56.4 Å². The number of anilines is 1. The van der Waals surface area contributed by atoms with Crippen molar-refractivity contribution < 1.29 is 4.74 Å². The van der Waals surface area contributed by atoms with Crippen LogP contribution in [0.3, 0.4) is 0 Å². The number of rotatable bonds is 9. The minimum atomic E-state index is -0.110. The van der Waals surface area contributed by atoms with E-state index in [-0.39, 0.29) is 17.5 Å². The van der Waals surface area contributed by atoms with Crippen LogP contribution >= 0.6 is 0 Å². The van der Waals surface area contributed by atoms with Gasteiger partial charge in [-0.2, -0.15) is 9.97 Å². The first-order valence-corrected chi connectivity index (χ1v) is 13.5. The summed E-state index contributed by atoms with van der Waals surface area (Å²) in [5.74, 6) is 1.90. The molecule has 1 aromatic carbocycles. The molecule has 0 saturated carbocycles. The third-order valence-electron chi connectivity index (χ3n) is 7.80. The highest BCUT2D eigenvalue weighted by atomic mass is 16.5. The summed E-state index contributed by atoms with van der Waals surface area (Å²) in [4.78, 5) is 25.2. The van der Waals surface area contributed by atoms with Crippen molar-refractivity contribution in [2.24, 2.45) is 11.8 Å². The van der Waals surface area contributed by atoms with E-state index >= 15 is 0 Å². The molecular weight excluding hydrogens is 454 g/mol. The van der Waals surface area contributed by atoms with Crippen molar-refractivity contribution in [2.45, 2.75) is 58.7 Å². The van der Waals surface area contributed by atoms with Gasteiger partial charge in [-0.25, -0.2) is 4.79 Å². The van der Waals surface area contributed by atoms with Crippen LogP contribution < -0.4 is 21.5 Å². The summed E-state index contributed by atoms with van der Waals surface area (Å²) in [6.45, 7) is 7.83. The quantitative estimate of drug-likeness (QED) is 0.442. The van der Waals surface area contributed by atoms with Gasteiger partial charge >= 0.3 is 11.7 Å². The van der Waals surface area contributed by atoms with Gasteiger partial charge in [0.2, 0.25) is 0 Å². The smallest absolute Gasteiger partial charge is 0.331 e. The third-order valence-corrected chi connectivity index (χ3v) is 7.80. The van der Waals surface area contributed by atoms with Crippen LogP contribution in [0, 0.1) is 11.8 Å². The van der Waals surface area contributed by atoms with Crippen molar-refractivity contribution in [3.63, 3.8) is 0 Å². The third kappa shape index (κ3) is 5.42. The number of hydrogen-bond acceptors (Lipinski definition) is 7. The van der Waals surface area contributed by atoms with Crippen molar-refractivity contribution in [1.82, 2.24) is 29.3 Å². The number of benzene rings is 1. The molecule has 9 heteroatoms. The van der Waals surface area contributed by atoms with Crippen molar-refractivity contribution in [1.29, 1.82) is 0 Å². The Bertz CT molecular complexity index is 1190. The Morgan fingerprint density at radius 1 is 1.03 bits per heavy atom. The molecule has 2 aliphatic heterocycles. The Morgan fingerprint density at radius 3 is 2.47 bits per heavy atom. The number of unbranched alkanes of at least 4 members (excludes halogenated alkanes) is 1. The number of nitrogens with two attached hydrogens (primary N) is 1. The van der Waals surface area contributed by atoms with Crippen molar-refractivity contribution in [3.8, 4) is 6.01 Å². The normalized spacial score (nSPS) is 18.1. The van der Waals surface area contributed by atoms with Gasteiger partial charge in [0.05, 0.1) is 19.8 Å². The topological polar surface area (TPSA) is 103 Å². The van der Waals surface area contributed by atoms with Gasteiger partial charge in [0.25, 0.3) is 0 Å². The van der Waals surface area contributed by atoms with Gasteiger partial charge < -0.3 is 15.8 Å². The maximum atomic E-state index is 13.7. The van der Waals surface area contributed by atoms with Gasteiger partial charge in [-0.1, -0.05) is 43.7 Å². The summed E-state index contributed by atoms with van der Waals surface area (Å²) in [7, 11) is 0. The molecule has 0 unspecified atom stereocenters. The van der Waals surface area contributed by atoms with E-state index in [1.54, 1.807) is 9.13 Å². The molecule has 3 N–H and O–H groups in total. The number of ether oxygens (including phenoxy) is 1. The molecule has 0 atom stereocenters. The van der Waals surface area contributed by atoms with Gasteiger partial charge in [0.15, 0.2) is 11.5 Å². The molecule has 0 radical (unpaired) electrons. The largest absolute Gasteiger partial charge is 0.463 e. The Labute approximate surface area is 212 Å². The van der Waals surface area contributed by atoms with E-state index in [2.05, 4.69) is 27.1 Å². The zero-order valence-electron chi connectivity index (χ0n) is 21.4. The molecule has 0 spiro atoms. The second kappa shape index (κ2) is 11.4. The Balaban J connectivity index is 1.42. The minimum Gasteiger partial charge on any atom is -0.463 e. The maximum absolute atomic E-state index is 13.7. The second-order valence-corrected chi connectivity index (χ2v) is 10.2. The number of nitrogens with zero attached hydrogens (tertiary/aromatic N) is 5. The zero-order valence-corrected chi connectivity index (χ0v) is 21.4. The number of piperidine rings is 2. The fourth-order valence-corrected chi connectivity index (χ4v) is 5.71. The Kier molecular flexibility index (Phi) is 7.87. The lowest BCUT2D eigenvalue weighted by atomic mass is 9.79. The number of aromatic nitrogens is 4. The van der Waals surface area contributed by atoms with Crippen molar-refractivity contribution in [3.05, 3.63) is 46.4 Å². The molecule has 2 aliphatic rings. The molecule has 36 heavy (non-hydrogen) atoms. The van der Waals surface area contributed by atoms with Gasteiger partial charge in [0, 0.05) is 13.1 Å². The van der Waals surface area contributed by atoms with Crippen molar-refractivity contribution in [2.75, 3.05) is 38.5 Å². The predicted molar refractivity (Wildman–Crippen MR) is 142 cm³/mol. The average molecular weight is 494 g/mol. The SMILES string of the molecule is CCCCOc1nc(N)c2c(n1)n(CN1CCC(C3CCNCC3)CC1)c(=O)n2Cc1ccccc1. The predicted octanol–water partition coefficient (Wildman–Crippen LogP) is 3.07. The van der Waals surface area contributed by atoms with E-state index in [1.165, 1.54) is 25.7 Å². The summed E-state index contributed by atoms with van der Waals surface area (Å²) >= 11 is 0. The summed E-state index contributed by atoms with van der Waals surface area (Å²) in [5, 5.41) is 3.48. The lowest BCUT2D eigenvalue weighted by molar-refractivity contribution is 0.108. The van der Waals surface area contributed by atoms with Gasteiger partial charge in [0.1, 0.15) is 5.52 Å². The highest BCUT2D eigenvalue weighted by Gasteiger charge is 2.29. The molecule has 2 fully saturated rings. The Hall–Kier alpha value is -2.91. The highest BCUT2D eigenvalue weighted by Crippen LogP contribution is 2.31. The van der Waals surface area contributed by atoms with E-state index in [4.69, 9.17) is 10.5 Å². The molecule has 2 aromatic heterocycles. The maximum Gasteiger partial charge on any atom is 0.331 e. The molecule has 3 aromatic rings. The van der Waals surface area contributed by atoms with Crippen LogP contribution in [-0.2, 0) is 13.2 Å². The number of nitrogens with one attached hydrogen (secondary N) is 1. The number of likely N-dealkylation sites (tertiary alicyclic amines) is 1. The number of fused-ring (bicyclic) bond motifs is 1. The lowest BCUT2D eigenvalue weighted by Gasteiger charge is -2.37. The van der Waals surface area contributed by atoms with Gasteiger partial charge in [-0.15, -0.1) is 0 Å². The first-order chi connectivity index (χ1) is 17.6. The zero-order chi connectivity index (χ0) is 24.9.